The highest BCUT2D eigenvalue weighted by Gasteiger charge is 2.07. The lowest BCUT2D eigenvalue weighted by atomic mass is 10.1. The molecule has 4 heteroatoms. The fourth-order valence-electron chi connectivity index (χ4n) is 2.13. The van der Waals surface area contributed by atoms with Crippen LogP contribution in [0.1, 0.15) is 12.0 Å². The first-order valence-corrected chi connectivity index (χ1v) is 6.04. The average Bonchev–Trinajstić information content (AvgIpc) is 2.40. The second-order valence-electron chi connectivity index (χ2n) is 4.35. The molecule has 0 saturated carbocycles. The van der Waals surface area contributed by atoms with E-state index >= 15 is 0 Å². The molecule has 0 aliphatic rings. The lowest BCUT2D eigenvalue weighted by Gasteiger charge is -2.09. The van der Waals surface area contributed by atoms with E-state index in [0.717, 1.165) is 35.1 Å². The SMILES string of the molecule is COc1ccc2c(c1)cc(CCCN)c(=O)n2C. The third kappa shape index (κ3) is 2.24. The highest BCUT2D eigenvalue weighted by atomic mass is 16.5. The molecule has 0 atom stereocenters. The van der Waals surface area contributed by atoms with Gasteiger partial charge in [-0.1, -0.05) is 0 Å². The molecule has 0 aliphatic heterocycles. The van der Waals surface area contributed by atoms with Crippen LogP contribution in [0.4, 0.5) is 0 Å². The fourth-order valence-corrected chi connectivity index (χ4v) is 2.13. The molecule has 4 nitrogen and oxygen atoms in total. The van der Waals surface area contributed by atoms with E-state index in [0.29, 0.717) is 6.54 Å². The first-order chi connectivity index (χ1) is 8.67. The predicted molar refractivity (Wildman–Crippen MR) is 73.1 cm³/mol. The molecular weight excluding hydrogens is 228 g/mol. The lowest BCUT2D eigenvalue weighted by Crippen LogP contribution is -2.21. The van der Waals surface area contributed by atoms with Crippen molar-refractivity contribution < 1.29 is 4.74 Å². The van der Waals surface area contributed by atoms with Gasteiger partial charge in [-0.3, -0.25) is 4.79 Å². The van der Waals surface area contributed by atoms with Crippen molar-refractivity contribution in [1.29, 1.82) is 0 Å². The van der Waals surface area contributed by atoms with Gasteiger partial charge in [0.05, 0.1) is 12.6 Å². The van der Waals surface area contributed by atoms with Gasteiger partial charge in [-0.05, 0) is 43.7 Å². The molecule has 2 rings (SSSR count). The largest absolute Gasteiger partial charge is 0.497 e. The van der Waals surface area contributed by atoms with Crippen molar-refractivity contribution in [1.82, 2.24) is 4.57 Å². The number of ether oxygens (including phenoxy) is 1. The van der Waals surface area contributed by atoms with Crippen LogP contribution in [0.25, 0.3) is 10.9 Å². The van der Waals surface area contributed by atoms with Crippen LogP contribution in [0.2, 0.25) is 0 Å². The summed E-state index contributed by atoms with van der Waals surface area (Å²) in [6.45, 7) is 0.597. The number of nitrogens with two attached hydrogens (primary N) is 1. The third-order valence-electron chi connectivity index (χ3n) is 3.16. The van der Waals surface area contributed by atoms with Crippen LogP contribution in [0.15, 0.2) is 29.1 Å². The van der Waals surface area contributed by atoms with E-state index in [-0.39, 0.29) is 5.56 Å². The van der Waals surface area contributed by atoms with E-state index in [1.54, 1.807) is 18.7 Å². The second-order valence-corrected chi connectivity index (χ2v) is 4.35. The van der Waals surface area contributed by atoms with E-state index in [1.807, 2.05) is 24.3 Å². The summed E-state index contributed by atoms with van der Waals surface area (Å²) in [7, 11) is 3.43. The van der Waals surface area contributed by atoms with Gasteiger partial charge in [-0.2, -0.15) is 0 Å². The quantitative estimate of drug-likeness (QED) is 0.888. The fraction of sp³-hybridized carbons (Fsp3) is 0.357. The Labute approximate surface area is 106 Å². The maximum atomic E-state index is 12.1. The Morgan fingerprint density at radius 3 is 2.78 bits per heavy atom. The van der Waals surface area contributed by atoms with Crippen molar-refractivity contribution in [2.24, 2.45) is 12.8 Å². The number of aromatic nitrogens is 1. The summed E-state index contributed by atoms with van der Waals surface area (Å²) in [5, 5.41) is 1.02. The molecule has 0 unspecified atom stereocenters. The van der Waals surface area contributed by atoms with Gasteiger partial charge in [-0.25, -0.2) is 0 Å². The number of fused-ring (bicyclic) bond motifs is 1. The average molecular weight is 246 g/mol. The molecule has 96 valence electrons. The highest BCUT2D eigenvalue weighted by molar-refractivity contribution is 5.81. The Bertz CT molecular complexity index is 617. The summed E-state index contributed by atoms with van der Waals surface area (Å²) in [4.78, 5) is 12.1. The number of hydrogen-bond acceptors (Lipinski definition) is 3. The Balaban J connectivity index is 2.60. The van der Waals surface area contributed by atoms with Crippen molar-refractivity contribution in [3.8, 4) is 5.75 Å². The van der Waals surface area contributed by atoms with E-state index in [9.17, 15) is 4.79 Å². The Kier molecular flexibility index (Phi) is 3.67. The maximum Gasteiger partial charge on any atom is 0.253 e. The van der Waals surface area contributed by atoms with Gasteiger partial charge in [-0.15, -0.1) is 0 Å². The van der Waals surface area contributed by atoms with Gasteiger partial charge in [0.1, 0.15) is 5.75 Å². The molecule has 0 bridgehead atoms. The van der Waals surface area contributed by atoms with Gasteiger partial charge in [0.2, 0.25) is 0 Å². The van der Waals surface area contributed by atoms with E-state index in [4.69, 9.17) is 10.5 Å². The molecule has 2 aromatic rings. The van der Waals surface area contributed by atoms with Gasteiger partial charge >= 0.3 is 0 Å². The molecule has 0 aliphatic carbocycles. The standard InChI is InChI=1S/C14H18N2O2/c1-16-13-6-5-12(18-2)9-11(13)8-10(14(16)17)4-3-7-15/h5-6,8-9H,3-4,7,15H2,1-2H3. The highest BCUT2D eigenvalue weighted by Crippen LogP contribution is 2.20. The molecule has 1 heterocycles. The minimum Gasteiger partial charge on any atom is -0.497 e. The molecule has 0 saturated heterocycles. The molecular formula is C14H18N2O2. The Hall–Kier alpha value is -1.81. The van der Waals surface area contributed by atoms with Crippen LogP contribution in [0.3, 0.4) is 0 Å². The van der Waals surface area contributed by atoms with Crippen LogP contribution >= 0.6 is 0 Å². The second kappa shape index (κ2) is 5.23. The predicted octanol–water partition coefficient (Wildman–Crippen LogP) is 1.44. The first-order valence-electron chi connectivity index (χ1n) is 6.04. The van der Waals surface area contributed by atoms with Crippen molar-refractivity contribution in [2.75, 3.05) is 13.7 Å². The van der Waals surface area contributed by atoms with E-state index in [1.165, 1.54) is 0 Å². The summed E-state index contributed by atoms with van der Waals surface area (Å²) in [5.74, 6) is 0.797. The minimum absolute atomic E-state index is 0.0566. The number of aryl methyl sites for hydroxylation is 2. The zero-order valence-corrected chi connectivity index (χ0v) is 10.8. The molecule has 0 fully saturated rings. The number of rotatable bonds is 4. The van der Waals surface area contributed by atoms with Crippen molar-refractivity contribution in [3.05, 3.63) is 40.2 Å². The topological polar surface area (TPSA) is 57.2 Å². The third-order valence-corrected chi connectivity index (χ3v) is 3.16. The maximum absolute atomic E-state index is 12.1. The summed E-state index contributed by atoms with van der Waals surface area (Å²) in [5.41, 5.74) is 7.27. The van der Waals surface area contributed by atoms with Crippen LogP contribution in [0, 0.1) is 0 Å². The van der Waals surface area contributed by atoms with Gasteiger partial charge in [0.25, 0.3) is 5.56 Å². The smallest absolute Gasteiger partial charge is 0.253 e. The zero-order chi connectivity index (χ0) is 13.1. The number of pyridine rings is 1. The zero-order valence-electron chi connectivity index (χ0n) is 10.8. The molecule has 0 spiro atoms. The van der Waals surface area contributed by atoms with Crippen molar-refractivity contribution in [2.45, 2.75) is 12.8 Å². The molecule has 2 N–H and O–H groups in total. The van der Waals surface area contributed by atoms with Crippen molar-refractivity contribution in [3.63, 3.8) is 0 Å². The number of nitrogens with zero attached hydrogens (tertiary/aromatic N) is 1. The van der Waals surface area contributed by atoms with Gasteiger partial charge < -0.3 is 15.0 Å². The van der Waals surface area contributed by atoms with Crippen molar-refractivity contribution >= 4 is 10.9 Å². The summed E-state index contributed by atoms with van der Waals surface area (Å²) >= 11 is 0. The molecule has 0 amide bonds. The Morgan fingerprint density at radius 2 is 2.11 bits per heavy atom. The first kappa shape index (κ1) is 12.6. The molecule has 1 aromatic heterocycles. The molecule has 0 radical (unpaired) electrons. The van der Waals surface area contributed by atoms with Crippen LogP contribution in [-0.4, -0.2) is 18.2 Å². The number of hydrogen-bond donors (Lipinski definition) is 1. The van der Waals surface area contributed by atoms with Gasteiger partial charge in [0, 0.05) is 18.0 Å². The minimum atomic E-state index is 0.0566. The van der Waals surface area contributed by atoms with Crippen LogP contribution in [0.5, 0.6) is 5.75 Å². The van der Waals surface area contributed by atoms with Crippen LogP contribution in [-0.2, 0) is 13.5 Å². The number of methoxy groups -OCH3 is 1. The monoisotopic (exact) mass is 246 g/mol. The van der Waals surface area contributed by atoms with Crippen LogP contribution < -0.4 is 16.0 Å². The molecule has 18 heavy (non-hydrogen) atoms. The Morgan fingerprint density at radius 1 is 1.33 bits per heavy atom. The van der Waals surface area contributed by atoms with E-state index < -0.39 is 0 Å². The summed E-state index contributed by atoms with van der Waals surface area (Å²) in [6.07, 6.45) is 1.54. The summed E-state index contributed by atoms with van der Waals surface area (Å²) < 4.78 is 6.89. The van der Waals surface area contributed by atoms with E-state index in [2.05, 4.69) is 0 Å². The number of benzene rings is 1. The van der Waals surface area contributed by atoms with Gasteiger partial charge in [0.15, 0.2) is 0 Å². The normalized spacial score (nSPS) is 10.8. The summed E-state index contributed by atoms with van der Waals surface area (Å²) in [6, 6.07) is 7.65. The lowest BCUT2D eigenvalue weighted by molar-refractivity contribution is 0.415. The molecule has 1 aromatic carbocycles.